The van der Waals surface area contributed by atoms with Crippen LogP contribution in [0.1, 0.15) is 15.9 Å². The largest absolute Gasteiger partial charge is 0.465 e. The van der Waals surface area contributed by atoms with E-state index in [-0.39, 0.29) is 24.5 Å². The molecule has 21 heavy (non-hydrogen) atoms. The SMILES string of the molecule is COCC(CO)NS(=O)(=O)Cc1cccc(C(=O)OC)c1. The number of aliphatic hydroxyl groups is 1. The Morgan fingerprint density at radius 3 is 2.67 bits per heavy atom. The molecule has 0 bridgehead atoms. The van der Waals surface area contributed by atoms with E-state index < -0.39 is 22.0 Å². The molecule has 2 N–H and O–H groups in total. The fourth-order valence-electron chi connectivity index (χ4n) is 1.75. The summed E-state index contributed by atoms with van der Waals surface area (Å²) in [5, 5.41) is 9.07. The van der Waals surface area contributed by atoms with Gasteiger partial charge in [-0.1, -0.05) is 12.1 Å². The number of benzene rings is 1. The summed E-state index contributed by atoms with van der Waals surface area (Å²) in [6, 6.07) is 5.46. The van der Waals surface area contributed by atoms with Crippen LogP contribution in [0.15, 0.2) is 24.3 Å². The number of hydrogen-bond donors (Lipinski definition) is 2. The zero-order chi connectivity index (χ0) is 15.9. The smallest absolute Gasteiger partial charge is 0.337 e. The van der Waals surface area contributed by atoms with E-state index in [0.29, 0.717) is 5.56 Å². The Kier molecular flexibility index (Phi) is 6.76. The molecule has 0 radical (unpaired) electrons. The number of hydrogen-bond acceptors (Lipinski definition) is 6. The number of methoxy groups -OCH3 is 2. The second kappa shape index (κ2) is 8.08. The van der Waals surface area contributed by atoms with Crippen LogP contribution < -0.4 is 4.72 Å². The van der Waals surface area contributed by atoms with Gasteiger partial charge in [-0.3, -0.25) is 0 Å². The molecule has 0 amide bonds. The molecular weight excluding hydrogens is 298 g/mol. The average molecular weight is 317 g/mol. The molecule has 0 aromatic heterocycles. The highest BCUT2D eigenvalue weighted by Gasteiger charge is 2.18. The first-order chi connectivity index (χ1) is 9.91. The lowest BCUT2D eigenvalue weighted by Crippen LogP contribution is -2.41. The van der Waals surface area contributed by atoms with E-state index in [0.717, 1.165) is 0 Å². The molecule has 0 fully saturated rings. The number of carbonyl (C=O) groups is 1. The maximum atomic E-state index is 12.0. The zero-order valence-corrected chi connectivity index (χ0v) is 12.7. The van der Waals surface area contributed by atoms with Crippen molar-refractivity contribution in [1.82, 2.24) is 4.72 Å². The number of carbonyl (C=O) groups excluding carboxylic acids is 1. The first kappa shape index (κ1) is 17.6. The molecule has 118 valence electrons. The topological polar surface area (TPSA) is 102 Å². The van der Waals surface area contributed by atoms with Crippen molar-refractivity contribution in [2.45, 2.75) is 11.8 Å². The molecule has 0 aliphatic heterocycles. The molecule has 0 aliphatic rings. The summed E-state index contributed by atoms with van der Waals surface area (Å²) in [6.07, 6.45) is 0. The summed E-state index contributed by atoms with van der Waals surface area (Å²) in [4.78, 5) is 11.4. The van der Waals surface area contributed by atoms with Crippen molar-refractivity contribution in [1.29, 1.82) is 0 Å². The van der Waals surface area contributed by atoms with Gasteiger partial charge >= 0.3 is 5.97 Å². The molecule has 0 saturated heterocycles. The molecule has 1 unspecified atom stereocenters. The predicted molar refractivity (Wildman–Crippen MR) is 76.3 cm³/mol. The molecule has 0 saturated carbocycles. The van der Waals surface area contributed by atoms with E-state index in [1.165, 1.54) is 26.4 Å². The predicted octanol–water partition coefficient (Wildman–Crippen LogP) is -0.100. The van der Waals surface area contributed by atoms with E-state index in [9.17, 15) is 13.2 Å². The van der Waals surface area contributed by atoms with E-state index in [1.807, 2.05) is 0 Å². The van der Waals surface area contributed by atoms with Crippen molar-refractivity contribution >= 4 is 16.0 Å². The summed E-state index contributed by atoms with van der Waals surface area (Å²) in [6.45, 7) is -0.298. The highest BCUT2D eigenvalue weighted by Crippen LogP contribution is 2.10. The Labute approximate surface area is 123 Å². The van der Waals surface area contributed by atoms with Gasteiger partial charge in [-0.2, -0.15) is 0 Å². The van der Waals surface area contributed by atoms with E-state index in [4.69, 9.17) is 9.84 Å². The van der Waals surface area contributed by atoms with Gasteiger partial charge in [-0.05, 0) is 17.7 Å². The molecule has 7 nitrogen and oxygen atoms in total. The van der Waals surface area contributed by atoms with Crippen molar-refractivity contribution in [3.63, 3.8) is 0 Å². The highest BCUT2D eigenvalue weighted by molar-refractivity contribution is 7.88. The lowest BCUT2D eigenvalue weighted by Gasteiger charge is -2.15. The van der Waals surface area contributed by atoms with Crippen LogP contribution in [-0.2, 0) is 25.2 Å². The lowest BCUT2D eigenvalue weighted by molar-refractivity contribution is 0.0600. The molecule has 1 aromatic rings. The minimum atomic E-state index is -3.66. The second-order valence-electron chi connectivity index (χ2n) is 4.40. The van der Waals surface area contributed by atoms with Gasteiger partial charge in [0.25, 0.3) is 0 Å². The van der Waals surface area contributed by atoms with Crippen LogP contribution in [0.2, 0.25) is 0 Å². The second-order valence-corrected chi connectivity index (χ2v) is 6.16. The minimum Gasteiger partial charge on any atom is -0.465 e. The minimum absolute atomic E-state index is 0.0674. The third kappa shape index (κ3) is 5.80. The third-order valence-electron chi connectivity index (χ3n) is 2.64. The normalized spacial score (nSPS) is 12.9. The van der Waals surface area contributed by atoms with Crippen LogP contribution in [0.25, 0.3) is 0 Å². The van der Waals surface area contributed by atoms with E-state index in [2.05, 4.69) is 9.46 Å². The number of ether oxygens (including phenoxy) is 2. The van der Waals surface area contributed by atoms with Gasteiger partial charge in [0, 0.05) is 7.11 Å². The molecule has 8 heteroatoms. The van der Waals surface area contributed by atoms with Crippen LogP contribution in [0.4, 0.5) is 0 Å². The monoisotopic (exact) mass is 317 g/mol. The molecule has 0 heterocycles. The Balaban J connectivity index is 2.81. The lowest BCUT2D eigenvalue weighted by atomic mass is 10.1. The van der Waals surface area contributed by atoms with Gasteiger partial charge in [0.05, 0.1) is 37.7 Å². The van der Waals surface area contributed by atoms with Crippen molar-refractivity contribution in [3.8, 4) is 0 Å². The Hall–Kier alpha value is -1.48. The van der Waals surface area contributed by atoms with Gasteiger partial charge in [-0.25, -0.2) is 17.9 Å². The van der Waals surface area contributed by atoms with Crippen molar-refractivity contribution in [3.05, 3.63) is 35.4 Å². The van der Waals surface area contributed by atoms with E-state index in [1.54, 1.807) is 12.1 Å². The number of aliphatic hydroxyl groups excluding tert-OH is 1. The van der Waals surface area contributed by atoms with E-state index >= 15 is 0 Å². The number of rotatable bonds is 8. The molecular formula is C13H19NO6S. The molecule has 1 atom stereocenters. The van der Waals surface area contributed by atoms with Gasteiger partial charge in [0.2, 0.25) is 10.0 Å². The summed E-state index contributed by atoms with van der Waals surface area (Å²) < 4.78 is 35.7. The maximum absolute atomic E-state index is 12.0. The summed E-state index contributed by atoms with van der Waals surface area (Å²) in [5.74, 6) is -0.840. The van der Waals surface area contributed by atoms with Crippen molar-refractivity contribution < 1.29 is 27.8 Å². The molecule has 1 rings (SSSR count). The van der Waals surface area contributed by atoms with Crippen LogP contribution >= 0.6 is 0 Å². The van der Waals surface area contributed by atoms with Gasteiger partial charge in [0.1, 0.15) is 0 Å². The Bertz CT molecular complexity index is 572. The molecule has 0 spiro atoms. The fourth-order valence-corrected chi connectivity index (χ4v) is 3.10. The molecule has 0 aliphatic carbocycles. The summed E-state index contributed by atoms with van der Waals surface area (Å²) >= 11 is 0. The van der Waals surface area contributed by atoms with Crippen LogP contribution in [0, 0.1) is 0 Å². The fraction of sp³-hybridized carbons (Fsp3) is 0.462. The standard InChI is InChI=1S/C13H19NO6S/c1-19-8-12(7-15)14-21(17,18)9-10-4-3-5-11(6-10)13(16)20-2/h3-6,12,14-15H,7-9H2,1-2H3. The zero-order valence-electron chi connectivity index (χ0n) is 11.9. The first-order valence-corrected chi connectivity index (χ1v) is 7.84. The van der Waals surface area contributed by atoms with Gasteiger partial charge in [-0.15, -0.1) is 0 Å². The van der Waals surface area contributed by atoms with Crippen LogP contribution in [0.5, 0.6) is 0 Å². The third-order valence-corrected chi connectivity index (χ3v) is 4.05. The summed E-state index contributed by atoms with van der Waals surface area (Å²) in [7, 11) is -0.992. The first-order valence-electron chi connectivity index (χ1n) is 6.19. The highest BCUT2D eigenvalue weighted by atomic mass is 32.2. The van der Waals surface area contributed by atoms with Crippen molar-refractivity contribution in [2.24, 2.45) is 0 Å². The van der Waals surface area contributed by atoms with Gasteiger partial charge in [0.15, 0.2) is 0 Å². The Morgan fingerprint density at radius 1 is 1.38 bits per heavy atom. The van der Waals surface area contributed by atoms with Crippen LogP contribution in [0.3, 0.4) is 0 Å². The summed E-state index contributed by atoms with van der Waals surface area (Å²) in [5.41, 5.74) is 0.723. The van der Waals surface area contributed by atoms with Crippen LogP contribution in [-0.4, -0.2) is 53.0 Å². The maximum Gasteiger partial charge on any atom is 0.337 e. The molecule has 1 aromatic carbocycles. The number of sulfonamides is 1. The number of nitrogens with one attached hydrogen (secondary N) is 1. The number of esters is 1. The van der Waals surface area contributed by atoms with Gasteiger partial charge < -0.3 is 14.6 Å². The average Bonchev–Trinajstić information content (AvgIpc) is 2.45. The quantitative estimate of drug-likeness (QED) is 0.649. The van der Waals surface area contributed by atoms with Crippen molar-refractivity contribution in [2.75, 3.05) is 27.4 Å². The Morgan fingerprint density at radius 2 is 2.10 bits per heavy atom.